The van der Waals surface area contributed by atoms with E-state index in [9.17, 15) is 9.59 Å². The van der Waals surface area contributed by atoms with Gasteiger partial charge in [-0.25, -0.2) is 4.79 Å². The average molecular weight is 284 g/mol. The fraction of sp³-hybridized carbons (Fsp3) is 0.857. The first-order chi connectivity index (χ1) is 9.35. The predicted octanol–water partition coefficient (Wildman–Crippen LogP) is 0.561. The van der Waals surface area contributed by atoms with Crippen LogP contribution < -0.4 is 0 Å². The van der Waals surface area contributed by atoms with Crippen molar-refractivity contribution in [2.75, 3.05) is 27.7 Å². The molecule has 2 aliphatic rings. The fourth-order valence-electron chi connectivity index (χ4n) is 3.10. The SMILES string of the molecule is CN(CC1(N(C)C)CCC1)C(=O)[C@@H]1CC[C@H](C(=O)O)O1. The maximum absolute atomic E-state index is 12.3. The van der Waals surface area contributed by atoms with E-state index in [1.165, 1.54) is 6.42 Å². The predicted molar refractivity (Wildman–Crippen MR) is 73.4 cm³/mol. The summed E-state index contributed by atoms with van der Waals surface area (Å²) in [6.07, 6.45) is 2.88. The van der Waals surface area contributed by atoms with E-state index in [1.807, 2.05) is 14.1 Å². The van der Waals surface area contributed by atoms with Gasteiger partial charge in [0.05, 0.1) is 0 Å². The van der Waals surface area contributed by atoms with Crippen molar-refractivity contribution in [1.29, 1.82) is 0 Å². The van der Waals surface area contributed by atoms with Crippen molar-refractivity contribution in [3.63, 3.8) is 0 Å². The number of rotatable bonds is 5. The van der Waals surface area contributed by atoms with Crippen LogP contribution in [0.3, 0.4) is 0 Å². The monoisotopic (exact) mass is 284 g/mol. The Hall–Kier alpha value is -1.14. The molecule has 0 aromatic heterocycles. The molecule has 2 rings (SSSR count). The molecular formula is C14H24N2O4. The highest BCUT2D eigenvalue weighted by Gasteiger charge is 2.42. The third kappa shape index (κ3) is 2.81. The molecule has 20 heavy (non-hydrogen) atoms. The molecule has 1 heterocycles. The zero-order valence-electron chi connectivity index (χ0n) is 12.5. The summed E-state index contributed by atoms with van der Waals surface area (Å²) in [5.74, 6) is -1.08. The summed E-state index contributed by atoms with van der Waals surface area (Å²) in [6, 6.07) is 0. The third-order valence-electron chi connectivity index (χ3n) is 4.71. The number of hydrogen-bond acceptors (Lipinski definition) is 4. The van der Waals surface area contributed by atoms with Crippen LogP contribution in [-0.2, 0) is 14.3 Å². The maximum Gasteiger partial charge on any atom is 0.332 e. The van der Waals surface area contributed by atoms with Crippen LogP contribution in [0.4, 0.5) is 0 Å². The highest BCUT2D eigenvalue weighted by molar-refractivity contribution is 5.82. The van der Waals surface area contributed by atoms with Gasteiger partial charge >= 0.3 is 5.97 Å². The van der Waals surface area contributed by atoms with Crippen molar-refractivity contribution in [3.8, 4) is 0 Å². The van der Waals surface area contributed by atoms with Gasteiger partial charge in [-0.1, -0.05) is 0 Å². The molecule has 0 bridgehead atoms. The number of carboxylic acids is 1. The molecule has 6 heteroatoms. The van der Waals surface area contributed by atoms with Gasteiger partial charge in [0.2, 0.25) is 0 Å². The first kappa shape index (κ1) is 15.3. The molecule has 0 aromatic rings. The number of carboxylic acid groups (broad SMARTS) is 1. The van der Waals surface area contributed by atoms with Gasteiger partial charge in [0.25, 0.3) is 5.91 Å². The molecule has 1 aliphatic carbocycles. The number of hydrogen-bond donors (Lipinski definition) is 1. The zero-order valence-corrected chi connectivity index (χ0v) is 12.5. The Balaban J connectivity index is 1.91. The van der Waals surface area contributed by atoms with E-state index in [0.717, 1.165) is 12.8 Å². The second kappa shape index (κ2) is 5.69. The second-order valence-electron chi connectivity index (χ2n) is 6.20. The maximum atomic E-state index is 12.3. The van der Waals surface area contributed by atoms with E-state index < -0.39 is 18.2 Å². The summed E-state index contributed by atoms with van der Waals surface area (Å²) in [5, 5.41) is 8.90. The molecule has 6 nitrogen and oxygen atoms in total. The summed E-state index contributed by atoms with van der Waals surface area (Å²) in [4.78, 5) is 27.1. The minimum absolute atomic E-state index is 0.0786. The van der Waals surface area contributed by atoms with Gasteiger partial charge < -0.3 is 19.6 Å². The van der Waals surface area contributed by atoms with Crippen molar-refractivity contribution in [3.05, 3.63) is 0 Å². The summed E-state index contributed by atoms with van der Waals surface area (Å²) in [7, 11) is 5.87. The van der Waals surface area contributed by atoms with E-state index in [-0.39, 0.29) is 11.4 Å². The van der Waals surface area contributed by atoms with Crippen LogP contribution in [-0.4, -0.2) is 72.2 Å². The normalized spacial score (nSPS) is 28.2. The Morgan fingerprint density at radius 3 is 2.20 bits per heavy atom. The smallest absolute Gasteiger partial charge is 0.332 e. The fourth-order valence-corrected chi connectivity index (χ4v) is 3.10. The molecule has 0 aromatic carbocycles. The molecule has 2 fully saturated rings. The van der Waals surface area contributed by atoms with Crippen LogP contribution in [0.15, 0.2) is 0 Å². The van der Waals surface area contributed by atoms with Crippen molar-refractivity contribution in [2.45, 2.75) is 49.9 Å². The molecular weight excluding hydrogens is 260 g/mol. The lowest BCUT2D eigenvalue weighted by molar-refractivity contribution is -0.155. The Bertz CT molecular complexity index is 393. The zero-order chi connectivity index (χ0) is 14.9. The van der Waals surface area contributed by atoms with Crippen LogP contribution in [0.1, 0.15) is 32.1 Å². The van der Waals surface area contributed by atoms with Crippen molar-refractivity contribution in [1.82, 2.24) is 9.80 Å². The standard InChI is InChI=1S/C14H24N2O4/c1-15(2)14(7-4-8-14)9-16(3)12(17)10-5-6-11(20-10)13(18)19/h10-11H,4-9H2,1-3H3,(H,18,19)/t10-,11+/m0/s1. The molecule has 1 N–H and O–H groups in total. The minimum Gasteiger partial charge on any atom is -0.479 e. The first-order valence-electron chi connectivity index (χ1n) is 7.16. The van der Waals surface area contributed by atoms with E-state index in [1.54, 1.807) is 11.9 Å². The lowest BCUT2D eigenvalue weighted by atomic mass is 9.75. The Morgan fingerprint density at radius 2 is 1.80 bits per heavy atom. The number of amides is 1. The number of likely N-dealkylation sites (N-methyl/N-ethyl adjacent to an activating group) is 2. The second-order valence-corrected chi connectivity index (χ2v) is 6.20. The molecule has 0 radical (unpaired) electrons. The van der Waals surface area contributed by atoms with E-state index in [0.29, 0.717) is 19.4 Å². The Morgan fingerprint density at radius 1 is 1.20 bits per heavy atom. The first-order valence-corrected chi connectivity index (χ1v) is 7.16. The topological polar surface area (TPSA) is 70.1 Å². The van der Waals surface area contributed by atoms with Gasteiger partial charge in [0, 0.05) is 19.1 Å². The summed E-state index contributed by atoms with van der Waals surface area (Å²) in [5.41, 5.74) is 0.0786. The molecule has 1 saturated carbocycles. The Kier molecular flexibility index (Phi) is 4.34. The van der Waals surface area contributed by atoms with Crippen molar-refractivity contribution >= 4 is 11.9 Å². The highest BCUT2D eigenvalue weighted by Crippen LogP contribution is 2.37. The molecule has 1 amide bonds. The van der Waals surface area contributed by atoms with E-state index in [4.69, 9.17) is 9.84 Å². The minimum atomic E-state index is -0.980. The van der Waals surface area contributed by atoms with Gasteiger partial charge in [-0.05, 0) is 46.2 Å². The average Bonchev–Trinajstić information content (AvgIpc) is 2.81. The van der Waals surface area contributed by atoms with Gasteiger partial charge in [0.15, 0.2) is 6.10 Å². The molecule has 1 saturated heterocycles. The molecule has 1 aliphatic heterocycles. The quantitative estimate of drug-likeness (QED) is 0.799. The lowest BCUT2D eigenvalue weighted by Crippen LogP contribution is -2.58. The van der Waals surface area contributed by atoms with Crippen LogP contribution in [0.2, 0.25) is 0 Å². The number of carbonyl (C=O) groups is 2. The summed E-state index contributed by atoms with van der Waals surface area (Å²) < 4.78 is 5.33. The number of nitrogens with zero attached hydrogens (tertiary/aromatic N) is 2. The van der Waals surface area contributed by atoms with Crippen molar-refractivity contribution in [2.24, 2.45) is 0 Å². The molecule has 0 unspecified atom stereocenters. The van der Waals surface area contributed by atoms with E-state index in [2.05, 4.69) is 4.90 Å². The number of carbonyl (C=O) groups excluding carboxylic acids is 1. The van der Waals surface area contributed by atoms with Crippen LogP contribution in [0, 0.1) is 0 Å². The molecule has 2 atom stereocenters. The summed E-state index contributed by atoms with van der Waals surface area (Å²) in [6.45, 7) is 0.677. The lowest BCUT2D eigenvalue weighted by Gasteiger charge is -2.49. The largest absolute Gasteiger partial charge is 0.479 e. The van der Waals surface area contributed by atoms with E-state index >= 15 is 0 Å². The number of ether oxygens (including phenoxy) is 1. The van der Waals surface area contributed by atoms with Crippen LogP contribution in [0.5, 0.6) is 0 Å². The van der Waals surface area contributed by atoms with Gasteiger partial charge in [-0.2, -0.15) is 0 Å². The van der Waals surface area contributed by atoms with Crippen LogP contribution in [0.25, 0.3) is 0 Å². The third-order valence-corrected chi connectivity index (χ3v) is 4.71. The van der Waals surface area contributed by atoms with Crippen molar-refractivity contribution < 1.29 is 19.4 Å². The van der Waals surface area contributed by atoms with Gasteiger partial charge in [-0.15, -0.1) is 0 Å². The number of aliphatic carboxylic acids is 1. The van der Waals surface area contributed by atoms with Gasteiger partial charge in [-0.3, -0.25) is 4.79 Å². The Labute approximate surface area is 119 Å². The highest BCUT2D eigenvalue weighted by atomic mass is 16.5. The molecule has 0 spiro atoms. The molecule has 114 valence electrons. The summed E-state index contributed by atoms with van der Waals surface area (Å²) >= 11 is 0. The van der Waals surface area contributed by atoms with Crippen LogP contribution >= 0.6 is 0 Å². The van der Waals surface area contributed by atoms with Gasteiger partial charge in [0.1, 0.15) is 6.10 Å².